The van der Waals surface area contributed by atoms with Gasteiger partial charge >= 0.3 is 0 Å². The lowest BCUT2D eigenvalue weighted by molar-refractivity contribution is -0.121. The number of aromatic nitrogens is 2. The highest BCUT2D eigenvalue weighted by Gasteiger charge is 2.33. The Morgan fingerprint density at radius 1 is 1.05 bits per heavy atom. The molecule has 1 amide bonds. The summed E-state index contributed by atoms with van der Waals surface area (Å²) in [5, 5.41) is 5.47. The highest BCUT2D eigenvalue weighted by atomic mass is 35.5. The van der Waals surface area contributed by atoms with Crippen LogP contribution in [0.15, 0.2) is 90.0 Å². The average molecular weight is 612 g/mol. The van der Waals surface area contributed by atoms with Crippen molar-refractivity contribution in [3.63, 3.8) is 0 Å². The standard InChI is InChI=1S/C28H22ClN3O5S3/c29-22-11-9-19(10-12-22)18-37-24-8-4-5-20(15-24)26-21(17-32(30-26)23-6-2-1-3-7-23)16-25-27(33)31(28(38)39-25)13-14-40(34,35)36/h1-12,15-17H,13-14,18H2,(H,34,35,36). The summed E-state index contributed by atoms with van der Waals surface area (Å²) in [7, 11) is -4.25. The molecule has 1 saturated heterocycles. The van der Waals surface area contributed by atoms with Gasteiger partial charge in [0.05, 0.1) is 16.3 Å². The lowest BCUT2D eigenvalue weighted by Crippen LogP contribution is -2.32. The SMILES string of the molecule is O=C1C(=Cc2cn(-c3ccccc3)nc2-c2cccc(OCc3ccc(Cl)cc3)c2)SC(=S)N1CCS(=O)(=O)O. The van der Waals surface area contributed by atoms with Crippen LogP contribution in [0.4, 0.5) is 0 Å². The molecule has 0 unspecified atom stereocenters. The van der Waals surface area contributed by atoms with Gasteiger partial charge < -0.3 is 4.74 Å². The highest BCUT2D eigenvalue weighted by Crippen LogP contribution is 2.35. The smallest absolute Gasteiger partial charge is 0.266 e. The average Bonchev–Trinajstić information content (AvgIpc) is 3.47. The summed E-state index contributed by atoms with van der Waals surface area (Å²) in [6.07, 6.45) is 3.51. The molecule has 8 nitrogen and oxygen atoms in total. The molecule has 1 fully saturated rings. The Labute approximate surface area is 246 Å². The molecule has 1 aliphatic rings. The third-order valence-electron chi connectivity index (χ3n) is 5.92. The highest BCUT2D eigenvalue weighted by molar-refractivity contribution is 8.26. The summed E-state index contributed by atoms with van der Waals surface area (Å²) in [5.41, 5.74) is 3.86. The molecule has 3 aromatic carbocycles. The molecule has 5 rings (SSSR count). The van der Waals surface area contributed by atoms with E-state index in [1.807, 2.05) is 85.1 Å². The summed E-state index contributed by atoms with van der Waals surface area (Å²) in [4.78, 5) is 14.6. The van der Waals surface area contributed by atoms with Gasteiger partial charge in [0.1, 0.15) is 22.4 Å². The maximum Gasteiger partial charge on any atom is 0.266 e. The van der Waals surface area contributed by atoms with Crippen LogP contribution in [0, 0.1) is 0 Å². The molecule has 2 heterocycles. The summed E-state index contributed by atoms with van der Waals surface area (Å²) < 4.78 is 39.5. The lowest BCUT2D eigenvalue weighted by atomic mass is 10.1. The zero-order valence-electron chi connectivity index (χ0n) is 20.8. The maximum atomic E-state index is 13.1. The maximum absolute atomic E-state index is 13.1. The van der Waals surface area contributed by atoms with E-state index in [4.69, 9.17) is 38.2 Å². The molecule has 0 aliphatic carbocycles. The molecule has 1 aliphatic heterocycles. The Bertz CT molecular complexity index is 1700. The third-order valence-corrected chi connectivity index (χ3v) is 8.25. The van der Waals surface area contributed by atoms with Crippen molar-refractivity contribution in [1.29, 1.82) is 0 Å². The van der Waals surface area contributed by atoms with Gasteiger partial charge in [-0.2, -0.15) is 13.5 Å². The van der Waals surface area contributed by atoms with Crippen LogP contribution in [-0.4, -0.2) is 50.2 Å². The van der Waals surface area contributed by atoms with E-state index in [2.05, 4.69) is 0 Å². The first kappa shape index (κ1) is 28.1. The fourth-order valence-corrected chi connectivity index (χ4v) is 5.79. The number of thiocarbonyl (C=S) groups is 1. The molecule has 0 saturated carbocycles. The largest absolute Gasteiger partial charge is 0.489 e. The number of hydrogen-bond donors (Lipinski definition) is 1. The van der Waals surface area contributed by atoms with Crippen LogP contribution >= 0.6 is 35.6 Å². The van der Waals surface area contributed by atoms with Crippen molar-refractivity contribution in [1.82, 2.24) is 14.7 Å². The second-order valence-corrected chi connectivity index (χ2v) is 12.5. The van der Waals surface area contributed by atoms with Gasteiger partial charge in [-0.05, 0) is 48.0 Å². The Kier molecular flexibility index (Phi) is 8.38. The Balaban J connectivity index is 1.47. The number of carbonyl (C=O) groups is 1. The van der Waals surface area contributed by atoms with E-state index in [-0.39, 0.29) is 10.9 Å². The van der Waals surface area contributed by atoms with E-state index < -0.39 is 21.8 Å². The van der Waals surface area contributed by atoms with E-state index in [0.717, 1.165) is 28.6 Å². The number of nitrogens with zero attached hydrogens (tertiary/aromatic N) is 3. The van der Waals surface area contributed by atoms with Crippen LogP contribution < -0.4 is 4.74 Å². The number of thioether (sulfide) groups is 1. The van der Waals surface area contributed by atoms with Crippen molar-refractivity contribution in [2.45, 2.75) is 6.61 Å². The number of ether oxygens (including phenoxy) is 1. The molecule has 0 atom stereocenters. The predicted octanol–water partition coefficient (Wildman–Crippen LogP) is 5.86. The van der Waals surface area contributed by atoms with Crippen molar-refractivity contribution < 1.29 is 22.5 Å². The molecule has 4 aromatic rings. The number of amides is 1. The summed E-state index contributed by atoms with van der Waals surface area (Å²) >= 11 is 12.4. The van der Waals surface area contributed by atoms with Crippen molar-refractivity contribution in [3.05, 3.63) is 106 Å². The van der Waals surface area contributed by atoms with Crippen LogP contribution in [0.5, 0.6) is 5.75 Å². The van der Waals surface area contributed by atoms with Crippen molar-refractivity contribution in [3.8, 4) is 22.7 Å². The first-order valence-electron chi connectivity index (χ1n) is 12.0. The van der Waals surface area contributed by atoms with E-state index in [9.17, 15) is 13.2 Å². The van der Waals surface area contributed by atoms with Gasteiger partial charge in [0.25, 0.3) is 16.0 Å². The number of carbonyl (C=O) groups excluding carboxylic acids is 1. The molecular weight excluding hydrogens is 590 g/mol. The summed E-state index contributed by atoms with van der Waals surface area (Å²) in [6.45, 7) is 0.127. The fourth-order valence-electron chi connectivity index (χ4n) is 3.95. The van der Waals surface area contributed by atoms with Gasteiger partial charge in [-0.15, -0.1) is 0 Å². The molecule has 0 bridgehead atoms. The summed E-state index contributed by atoms with van der Waals surface area (Å²) in [5.74, 6) is -0.395. The van der Waals surface area contributed by atoms with Crippen molar-refractivity contribution in [2.75, 3.05) is 12.3 Å². The lowest BCUT2D eigenvalue weighted by Gasteiger charge is -2.12. The Morgan fingerprint density at radius 2 is 1.80 bits per heavy atom. The Hall–Kier alpha value is -3.48. The first-order valence-corrected chi connectivity index (χ1v) is 15.2. The number of rotatable bonds is 9. The fraction of sp³-hybridized carbons (Fsp3) is 0.107. The van der Waals surface area contributed by atoms with Gasteiger partial charge in [0, 0.05) is 28.9 Å². The number of benzene rings is 3. The zero-order valence-corrected chi connectivity index (χ0v) is 24.0. The monoisotopic (exact) mass is 611 g/mol. The van der Waals surface area contributed by atoms with Crippen molar-refractivity contribution in [2.24, 2.45) is 0 Å². The minimum Gasteiger partial charge on any atom is -0.489 e. The van der Waals surface area contributed by atoms with Crippen LogP contribution in [0.2, 0.25) is 5.02 Å². The van der Waals surface area contributed by atoms with E-state index >= 15 is 0 Å². The van der Waals surface area contributed by atoms with E-state index in [0.29, 0.717) is 33.5 Å². The normalized spacial score (nSPS) is 14.8. The van der Waals surface area contributed by atoms with Crippen LogP contribution in [0.25, 0.3) is 23.0 Å². The molecule has 40 heavy (non-hydrogen) atoms. The number of halogens is 1. The minimum atomic E-state index is -4.25. The first-order chi connectivity index (χ1) is 19.2. The molecule has 204 valence electrons. The van der Waals surface area contributed by atoms with E-state index in [1.54, 1.807) is 10.8 Å². The molecule has 12 heteroatoms. The van der Waals surface area contributed by atoms with Crippen molar-refractivity contribution >= 4 is 62.0 Å². The second kappa shape index (κ2) is 11.9. The molecular formula is C28H22ClN3O5S3. The van der Waals surface area contributed by atoms with Gasteiger partial charge in [-0.1, -0.05) is 78.0 Å². The van der Waals surface area contributed by atoms with Gasteiger partial charge in [-0.3, -0.25) is 14.2 Å². The Morgan fingerprint density at radius 3 is 2.52 bits per heavy atom. The second-order valence-electron chi connectivity index (χ2n) is 8.78. The van der Waals surface area contributed by atoms with Crippen LogP contribution in [-0.2, 0) is 21.5 Å². The molecule has 1 N–H and O–H groups in total. The van der Waals surface area contributed by atoms with Crippen LogP contribution in [0.1, 0.15) is 11.1 Å². The summed E-state index contributed by atoms with van der Waals surface area (Å²) in [6, 6.07) is 24.5. The van der Waals surface area contributed by atoms with Gasteiger partial charge in [0.2, 0.25) is 0 Å². The van der Waals surface area contributed by atoms with Gasteiger partial charge in [0.15, 0.2) is 0 Å². The number of para-hydroxylation sites is 1. The number of hydrogen-bond acceptors (Lipinski definition) is 7. The van der Waals surface area contributed by atoms with Crippen LogP contribution in [0.3, 0.4) is 0 Å². The molecule has 0 spiro atoms. The zero-order chi connectivity index (χ0) is 28.3. The third kappa shape index (κ3) is 6.80. The van der Waals surface area contributed by atoms with E-state index in [1.165, 1.54) is 4.90 Å². The molecule has 1 aromatic heterocycles. The quantitative estimate of drug-likeness (QED) is 0.143. The predicted molar refractivity (Wildman–Crippen MR) is 161 cm³/mol. The minimum absolute atomic E-state index is 0.217. The molecule has 0 radical (unpaired) electrons. The van der Waals surface area contributed by atoms with Gasteiger partial charge in [-0.25, -0.2) is 4.68 Å². The topological polar surface area (TPSA) is 102 Å².